The molecule has 36 valence electrons. The average molecular weight is 193 g/mol. The second-order valence-corrected chi connectivity index (χ2v) is 4.64. The van der Waals surface area contributed by atoms with Crippen LogP contribution in [-0.4, -0.2) is 31.8 Å². The Bertz CT molecular complexity index is 49.5. The Kier molecular flexibility index (Phi) is 3.99. The van der Waals surface area contributed by atoms with E-state index in [1.807, 2.05) is 19.1 Å². The molecule has 0 bridgehead atoms. The van der Waals surface area contributed by atoms with E-state index in [-0.39, 0.29) is 4.12 Å². The van der Waals surface area contributed by atoms with Crippen molar-refractivity contribution in [2.45, 2.75) is 11.0 Å². The predicted molar refractivity (Wildman–Crippen MR) is 30.8 cm³/mol. The van der Waals surface area contributed by atoms with Crippen molar-refractivity contribution >= 4 is 22.5 Å². The summed E-state index contributed by atoms with van der Waals surface area (Å²) in [7, 11) is 0. The Labute approximate surface area is 51.1 Å². The first-order chi connectivity index (χ1) is 2.77. The summed E-state index contributed by atoms with van der Waals surface area (Å²) >= 11 is 0.399. The Morgan fingerprint density at radius 3 is 2.33 bits per heavy atom. The maximum absolute atomic E-state index is 8.56. The van der Waals surface area contributed by atoms with Gasteiger partial charge in [0.15, 0.2) is 0 Å². The van der Waals surface area contributed by atoms with Crippen LogP contribution in [0.4, 0.5) is 0 Å². The van der Waals surface area contributed by atoms with E-state index >= 15 is 0 Å². The van der Waals surface area contributed by atoms with Gasteiger partial charge in [0.1, 0.15) is 0 Å². The summed E-state index contributed by atoms with van der Waals surface area (Å²) in [6, 6.07) is 0. The van der Waals surface area contributed by atoms with Gasteiger partial charge in [-0.05, 0) is 0 Å². The molecule has 0 spiro atoms. The first-order valence-electron chi connectivity index (χ1n) is 2.08. The molecule has 1 N–H and O–H groups in total. The average Bonchev–Trinajstić information content (AvgIpc) is 1.35. The number of allylic oxidation sites excluding steroid dienone is 1. The molecule has 0 amide bonds. The molecule has 0 radical (unpaired) electrons. The van der Waals surface area contributed by atoms with E-state index in [4.69, 9.17) is 5.11 Å². The molecule has 0 aromatic carbocycles. The first-order valence-corrected chi connectivity index (χ1v) is 5.38. The summed E-state index contributed by atoms with van der Waals surface area (Å²) in [4.78, 5) is 0. The molecule has 0 saturated carbocycles. The number of hydrogen-bond acceptors (Lipinski definition) is 1. The molecular formula is C4H10OSn. The fourth-order valence-corrected chi connectivity index (χ4v) is 1.38. The Hall–Kier alpha value is 0.499. The fourth-order valence-electron chi connectivity index (χ4n) is 0.279. The van der Waals surface area contributed by atoms with Gasteiger partial charge in [-0.15, -0.1) is 0 Å². The molecule has 6 heavy (non-hydrogen) atoms. The monoisotopic (exact) mass is 194 g/mol. The fraction of sp³-hybridized carbons (Fsp3) is 0.500. The van der Waals surface area contributed by atoms with E-state index in [1.54, 1.807) is 0 Å². The molecule has 0 fully saturated rings. The van der Waals surface area contributed by atoms with E-state index < -0.39 is 0 Å². The topological polar surface area (TPSA) is 20.2 Å². The Balaban J connectivity index is 3.03. The van der Waals surface area contributed by atoms with Crippen LogP contribution >= 0.6 is 0 Å². The zero-order chi connectivity index (χ0) is 4.99. The predicted octanol–water partition coefficient (Wildman–Crippen LogP) is -0.754. The summed E-state index contributed by atoms with van der Waals surface area (Å²) in [5.74, 6) is 0. The summed E-state index contributed by atoms with van der Waals surface area (Å²) in [5, 5.41) is 8.56. The standard InChI is InChI=1S/C4H7O.Sn.3H/c1-2-3-4-5;;;;/h2-5H,1H3;;;;. The second-order valence-electron chi connectivity index (χ2n) is 1.27. The Morgan fingerprint density at radius 1 is 1.83 bits per heavy atom. The number of rotatable bonds is 1. The van der Waals surface area contributed by atoms with Gasteiger partial charge in [0.25, 0.3) is 0 Å². The van der Waals surface area contributed by atoms with E-state index in [0.29, 0.717) is 22.5 Å². The van der Waals surface area contributed by atoms with Gasteiger partial charge in [0.05, 0.1) is 0 Å². The number of hydrogen-bond donors (Lipinski definition) is 1. The van der Waals surface area contributed by atoms with Gasteiger partial charge in [0, 0.05) is 0 Å². The van der Waals surface area contributed by atoms with Crippen LogP contribution in [-0.2, 0) is 0 Å². The van der Waals surface area contributed by atoms with E-state index in [0.717, 1.165) is 0 Å². The van der Waals surface area contributed by atoms with E-state index in [1.165, 1.54) is 0 Å². The van der Waals surface area contributed by atoms with Crippen molar-refractivity contribution in [2.75, 3.05) is 0 Å². The summed E-state index contributed by atoms with van der Waals surface area (Å²) in [5.41, 5.74) is 0. The number of aliphatic hydroxyl groups excluding tert-OH is 1. The van der Waals surface area contributed by atoms with Gasteiger partial charge >= 0.3 is 50.8 Å². The molecular weight excluding hydrogens is 183 g/mol. The van der Waals surface area contributed by atoms with Crippen LogP contribution in [0.5, 0.6) is 0 Å². The summed E-state index contributed by atoms with van der Waals surface area (Å²) in [6.45, 7) is 1.92. The zero-order valence-electron chi connectivity index (χ0n) is 4.18. The molecule has 0 rings (SSSR count). The normalized spacial score (nSPS) is 16.3. The van der Waals surface area contributed by atoms with Gasteiger partial charge in [-0.25, -0.2) is 0 Å². The third-order valence-electron chi connectivity index (χ3n) is 0.471. The summed E-state index contributed by atoms with van der Waals surface area (Å²) in [6.07, 6.45) is 3.69. The molecule has 0 aliphatic rings. The third kappa shape index (κ3) is 4.50. The molecule has 1 atom stereocenters. The molecule has 0 aromatic rings. The number of aliphatic hydroxyl groups is 1. The van der Waals surface area contributed by atoms with Crippen molar-refractivity contribution in [3.8, 4) is 0 Å². The molecule has 1 nitrogen and oxygen atoms in total. The van der Waals surface area contributed by atoms with E-state index in [2.05, 4.69) is 0 Å². The van der Waals surface area contributed by atoms with Crippen molar-refractivity contribution in [2.24, 2.45) is 0 Å². The zero-order valence-corrected chi connectivity index (χ0v) is 9.89. The molecule has 0 saturated heterocycles. The van der Waals surface area contributed by atoms with Crippen LogP contribution in [0.2, 0.25) is 0 Å². The van der Waals surface area contributed by atoms with Gasteiger partial charge in [-0.3, -0.25) is 0 Å². The maximum atomic E-state index is 8.56. The van der Waals surface area contributed by atoms with Gasteiger partial charge < -0.3 is 0 Å². The molecule has 0 aliphatic carbocycles. The van der Waals surface area contributed by atoms with Gasteiger partial charge in [-0.1, -0.05) is 0 Å². The minimum atomic E-state index is -0.0724. The Morgan fingerprint density at radius 2 is 2.33 bits per heavy atom. The van der Waals surface area contributed by atoms with Crippen molar-refractivity contribution in [1.29, 1.82) is 0 Å². The van der Waals surface area contributed by atoms with Gasteiger partial charge in [-0.2, -0.15) is 0 Å². The van der Waals surface area contributed by atoms with Crippen LogP contribution in [0.3, 0.4) is 0 Å². The van der Waals surface area contributed by atoms with Crippen LogP contribution < -0.4 is 0 Å². The van der Waals surface area contributed by atoms with Crippen LogP contribution in [0.15, 0.2) is 12.2 Å². The first kappa shape index (κ1) is 6.50. The molecule has 2 heteroatoms. The molecule has 1 unspecified atom stereocenters. The summed E-state index contributed by atoms with van der Waals surface area (Å²) < 4.78 is -0.0724. The van der Waals surface area contributed by atoms with E-state index in [9.17, 15) is 0 Å². The molecule has 0 aromatic heterocycles. The van der Waals surface area contributed by atoms with Crippen LogP contribution in [0.25, 0.3) is 0 Å². The molecule has 0 aliphatic heterocycles. The van der Waals surface area contributed by atoms with Crippen LogP contribution in [0.1, 0.15) is 6.92 Å². The van der Waals surface area contributed by atoms with Crippen molar-refractivity contribution in [3.05, 3.63) is 12.2 Å². The third-order valence-corrected chi connectivity index (χ3v) is 1.57. The van der Waals surface area contributed by atoms with Crippen LogP contribution in [0, 0.1) is 0 Å². The SMILES string of the molecule is CC=C[CH](O)[SnH3]. The minimum absolute atomic E-state index is 0.0724. The quantitative estimate of drug-likeness (QED) is 0.428. The molecule has 0 heterocycles. The van der Waals surface area contributed by atoms with Crippen molar-refractivity contribution in [1.82, 2.24) is 0 Å². The second kappa shape index (κ2) is 3.68. The van der Waals surface area contributed by atoms with Crippen molar-refractivity contribution < 1.29 is 5.11 Å². The van der Waals surface area contributed by atoms with Crippen molar-refractivity contribution in [3.63, 3.8) is 0 Å². The van der Waals surface area contributed by atoms with Gasteiger partial charge in [0.2, 0.25) is 0 Å².